The summed E-state index contributed by atoms with van der Waals surface area (Å²) in [6.07, 6.45) is 0. The van der Waals surface area contributed by atoms with Gasteiger partial charge in [-0.15, -0.1) is 0 Å². The number of aryl methyl sites for hydroxylation is 2. The number of hydrogen-bond acceptors (Lipinski definition) is 4. The van der Waals surface area contributed by atoms with E-state index in [1.54, 1.807) is 0 Å². The van der Waals surface area contributed by atoms with E-state index in [0.29, 0.717) is 25.6 Å². The molecular formula is C30H34N4O2. The molecule has 2 amide bonds. The topological polar surface area (TPSA) is 57.2 Å². The molecule has 0 aromatic heterocycles. The molecule has 1 unspecified atom stereocenters. The average Bonchev–Trinajstić information content (AvgIpc) is 3.00. The molecule has 36 heavy (non-hydrogen) atoms. The van der Waals surface area contributed by atoms with E-state index in [1.807, 2.05) is 35.2 Å². The fourth-order valence-electron chi connectivity index (χ4n) is 4.84. The number of carbonyl (C=O) groups excluding carboxylic acids is 1. The van der Waals surface area contributed by atoms with E-state index in [-0.39, 0.29) is 12.1 Å². The van der Waals surface area contributed by atoms with Crippen LogP contribution in [0.3, 0.4) is 0 Å². The molecule has 2 heterocycles. The van der Waals surface area contributed by atoms with Gasteiger partial charge in [-0.2, -0.15) is 0 Å². The van der Waals surface area contributed by atoms with E-state index < -0.39 is 0 Å². The zero-order valence-corrected chi connectivity index (χ0v) is 21.7. The highest BCUT2D eigenvalue weighted by Gasteiger charge is 2.31. The number of piperazine rings is 1. The van der Waals surface area contributed by atoms with Gasteiger partial charge in [0.25, 0.3) is 0 Å². The Morgan fingerprint density at radius 2 is 1.69 bits per heavy atom. The number of fused-ring (bicyclic) bond motifs is 2. The molecule has 1 saturated heterocycles. The Labute approximate surface area is 213 Å². The molecule has 6 heteroatoms. The second-order valence-electron chi connectivity index (χ2n) is 10.2. The summed E-state index contributed by atoms with van der Waals surface area (Å²) in [6.45, 7) is 12.6. The van der Waals surface area contributed by atoms with Gasteiger partial charge in [-0.1, -0.05) is 43.7 Å². The number of rotatable bonds is 2. The number of nitrogens with zero attached hydrogens (tertiary/aromatic N) is 3. The summed E-state index contributed by atoms with van der Waals surface area (Å²) in [5, 5.41) is 3.07. The summed E-state index contributed by atoms with van der Waals surface area (Å²) in [7, 11) is 0. The van der Waals surface area contributed by atoms with Crippen LogP contribution in [0.5, 0.6) is 11.5 Å². The van der Waals surface area contributed by atoms with Gasteiger partial charge in [-0.3, -0.25) is 0 Å². The van der Waals surface area contributed by atoms with Crippen LogP contribution in [0.4, 0.5) is 16.2 Å². The molecule has 0 aliphatic carbocycles. The Bertz CT molecular complexity index is 1310. The van der Waals surface area contributed by atoms with Gasteiger partial charge >= 0.3 is 6.03 Å². The molecule has 3 aromatic rings. The lowest BCUT2D eigenvalue weighted by Crippen LogP contribution is -2.56. The van der Waals surface area contributed by atoms with E-state index >= 15 is 0 Å². The van der Waals surface area contributed by atoms with E-state index in [4.69, 9.17) is 9.73 Å². The van der Waals surface area contributed by atoms with E-state index in [1.165, 1.54) is 5.56 Å². The number of carbonyl (C=O) groups is 1. The minimum Gasteiger partial charge on any atom is -0.454 e. The van der Waals surface area contributed by atoms with E-state index in [0.717, 1.165) is 45.4 Å². The Hall–Kier alpha value is -3.80. The number of benzene rings is 3. The molecule has 0 radical (unpaired) electrons. The number of aliphatic imine (C=N–C) groups is 1. The van der Waals surface area contributed by atoms with Gasteiger partial charge < -0.3 is 19.9 Å². The maximum atomic E-state index is 13.1. The van der Waals surface area contributed by atoms with Crippen molar-refractivity contribution in [2.75, 3.05) is 25.0 Å². The average molecular weight is 483 g/mol. The van der Waals surface area contributed by atoms with Gasteiger partial charge in [0.15, 0.2) is 5.75 Å². The van der Waals surface area contributed by atoms with Crippen LogP contribution in [0.15, 0.2) is 65.7 Å². The first-order chi connectivity index (χ1) is 17.3. The SMILES string of the molecule is Cc1ccc2c(c1)Oc1ccc(C)cc1C(N1CCN(C(=O)Nc3ccc(C(C)C)cc3)C(C)C1)=N2. The van der Waals surface area contributed by atoms with Crippen molar-refractivity contribution in [1.82, 2.24) is 9.80 Å². The number of amides is 2. The Kier molecular flexibility index (Phi) is 6.44. The summed E-state index contributed by atoms with van der Waals surface area (Å²) < 4.78 is 6.32. The van der Waals surface area contributed by atoms with Crippen molar-refractivity contribution >= 4 is 23.2 Å². The molecule has 0 spiro atoms. The third kappa shape index (κ3) is 4.81. The number of urea groups is 1. The summed E-state index contributed by atoms with van der Waals surface area (Å²) in [6, 6.07) is 20.4. The van der Waals surface area contributed by atoms with Crippen LogP contribution >= 0.6 is 0 Å². The lowest BCUT2D eigenvalue weighted by Gasteiger charge is -2.41. The minimum absolute atomic E-state index is 0.0197. The zero-order valence-electron chi connectivity index (χ0n) is 21.7. The van der Waals surface area contributed by atoms with Gasteiger partial charge in [0.2, 0.25) is 0 Å². The third-order valence-electron chi connectivity index (χ3n) is 6.95. The van der Waals surface area contributed by atoms with Crippen molar-refractivity contribution < 1.29 is 9.53 Å². The largest absolute Gasteiger partial charge is 0.454 e. The summed E-state index contributed by atoms with van der Waals surface area (Å²) in [4.78, 5) is 22.4. The molecule has 2 aliphatic rings. The Balaban J connectivity index is 1.36. The van der Waals surface area contributed by atoms with Crippen molar-refractivity contribution in [2.45, 2.75) is 46.6 Å². The molecule has 1 N–H and O–H groups in total. The second-order valence-corrected chi connectivity index (χ2v) is 10.2. The maximum Gasteiger partial charge on any atom is 0.322 e. The third-order valence-corrected chi connectivity index (χ3v) is 6.95. The quantitative estimate of drug-likeness (QED) is 0.435. The van der Waals surface area contributed by atoms with E-state index in [2.05, 4.69) is 75.2 Å². The summed E-state index contributed by atoms with van der Waals surface area (Å²) in [5.74, 6) is 2.93. The van der Waals surface area contributed by atoms with Crippen molar-refractivity contribution in [3.63, 3.8) is 0 Å². The maximum absolute atomic E-state index is 13.1. The first-order valence-corrected chi connectivity index (χ1v) is 12.7. The second kappa shape index (κ2) is 9.69. The van der Waals surface area contributed by atoms with Gasteiger partial charge in [-0.05, 0) is 74.2 Å². The molecule has 2 aliphatic heterocycles. The molecule has 186 valence electrons. The van der Waals surface area contributed by atoms with Crippen LogP contribution in [0.25, 0.3) is 0 Å². The van der Waals surface area contributed by atoms with Crippen LogP contribution in [-0.2, 0) is 0 Å². The van der Waals surface area contributed by atoms with Crippen molar-refractivity contribution in [2.24, 2.45) is 4.99 Å². The molecule has 5 rings (SSSR count). The van der Waals surface area contributed by atoms with Crippen LogP contribution in [0.1, 0.15) is 48.9 Å². The Morgan fingerprint density at radius 3 is 2.42 bits per heavy atom. The molecule has 6 nitrogen and oxygen atoms in total. The number of amidine groups is 1. The smallest absolute Gasteiger partial charge is 0.322 e. The minimum atomic E-state index is -0.0670. The predicted molar refractivity (Wildman–Crippen MR) is 146 cm³/mol. The highest BCUT2D eigenvalue weighted by molar-refractivity contribution is 6.04. The molecule has 3 aromatic carbocycles. The Morgan fingerprint density at radius 1 is 0.972 bits per heavy atom. The number of ether oxygens (including phenoxy) is 1. The zero-order chi connectivity index (χ0) is 25.4. The standard InChI is InChI=1S/C30H34N4O2/c1-19(2)23-8-10-24(11-9-23)31-30(35)34-15-14-33(18-22(34)5)29-25-16-20(3)7-13-27(25)36-28-17-21(4)6-12-26(28)32-29/h6-13,16-17,19,22H,14-15,18H2,1-5H3,(H,31,35). The van der Waals surface area contributed by atoms with Gasteiger partial charge in [0.05, 0.1) is 5.56 Å². The number of anilines is 1. The van der Waals surface area contributed by atoms with Crippen molar-refractivity contribution in [3.05, 3.63) is 82.9 Å². The molecule has 0 saturated carbocycles. The van der Waals surface area contributed by atoms with Crippen LogP contribution in [0.2, 0.25) is 0 Å². The molecule has 1 fully saturated rings. The van der Waals surface area contributed by atoms with Crippen LogP contribution in [0, 0.1) is 13.8 Å². The predicted octanol–water partition coefficient (Wildman–Crippen LogP) is 6.85. The van der Waals surface area contributed by atoms with Gasteiger partial charge in [-0.25, -0.2) is 9.79 Å². The summed E-state index contributed by atoms with van der Waals surface area (Å²) >= 11 is 0. The first-order valence-electron chi connectivity index (χ1n) is 12.7. The monoisotopic (exact) mass is 482 g/mol. The first kappa shape index (κ1) is 23.9. The molecule has 1 atom stereocenters. The highest BCUT2D eigenvalue weighted by atomic mass is 16.5. The number of hydrogen-bond donors (Lipinski definition) is 1. The van der Waals surface area contributed by atoms with Crippen LogP contribution < -0.4 is 10.1 Å². The van der Waals surface area contributed by atoms with Gasteiger partial charge in [0.1, 0.15) is 17.3 Å². The molecule has 0 bridgehead atoms. The lowest BCUT2D eigenvalue weighted by molar-refractivity contribution is 0.145. The lowest BCUT2D eigenvalue weighted by atomic mass is 10.0. The molecular weight excluding hydrogens is 448 g/mol. The van der Waals surface area contributed by atoms with Gasteiger partial charge in [0, 0.05) is 31.4 Å². The fraction of sp³-hybridized carbons (Fsp3) is 0.333. The van der Waals surface area contributed by atoms with Crippen molar-refractivity contribution in [1.29, 1.82) is 0 Å². The normalized spacial score (nSPS) is 17.1. The summed E-state index contributed by atoms with van der Waals surface area (Å²) in [5.41, 5.74) is 6.17. The highest BCUT2D eigenvalue weighted by Crippen LogP contribution is 2.39. The number of nitrogens with one attached hydrogen (secondary N) is 1. The van der Waals surface area contributed by atoms with E-state index in [9.17, 15) is 4.79 Å². The van der Waals surface area contributed by atoms with Crippen LogP contribution in [-0.4, -0.2) is 47.3 Å². The fourth-order valence-corrected chi connectivity index (χ4v) is 4.84. The van der Waals surface area contributed by atoms with Crippen molar-refractivity contribution in [3.8, 4) is 11.5 Å².